The summed E-state index contributed by atoms with van der Waals surface area (Å²) in [5, 5.41) is 10.6. The molecule has 1 aliphatic heterocycles. The van der Waals surface area contributed by atoms with Gasteiger partial charge in [-0.3, -0.25) is 14.4 Å². The summed E-state index contributed by atoms with van der Waals surface area (Å²) in [6, 6.07) is -0.584. The van der Waals surface area contributed by atoms with Gasteiger partial charge in [0.25, 0.3) is 0 Å². The molecule has 0 aromatic rings. The normalized spacial score (nSPS) is 22.8. The van der Waals surface area contributed by atoms with Crippen LogP contribution in [0.1, 0.15) is 26.2 Å². The molecule has 120 valence electrons. The minimum Gasteiger partial charge on any atom is -0.481 e. The zero-order chi connectivity index (χ0) is 16.2. The SMILES string of the molecule is C[C@@H]1[C@H](C(=O)O)CCCN1C(=O)CC(=O)NCC(F)(F)F. The molecule has 0 aliphatic carbocycles. The van der Waals surface area contributed by atoms with Gasteiger partial charge in [-0.2, -0.15) is 13.2 Å². The topological polar surface area (TPSA) is 86.7 Å². The molecule has 6 nitrogen and oxygen atoms in total. The van der Waals surface area contributed by atoms with Gasteiger partial charge in [0, 0.05) is 12.6 Å². The fraction of sp³-hybridized carbons (Fsp3) is 0.750. The van der Waals surface area contributed by atoms with Crippen molar-refractivity contribution in [3.63, 3.8) is 0 Å². The summed E-state index contributed by atoms with van der Waals surface area (Å²) in [6.07, 6.45) is -4.34. The smallest absolute Gasteiger partial charge is 0.405 e. The van der Waals surface area contributed by atoms with Gasteiger partial charge in [0.2, 0.25) is 11.8 Å². The van der Waals surface area contributed by atoms with Gasteiger partial charge in [-0.25, -0.2) is 0 Å². The van der Waals surface area contributed by atoms with E-state index in [0.29, 0.717) is 19.4 Å². The number of hydrogen-bond donors (Lipinski definition) is 2. The Balaban J connectivity index is 2.54. The molecule has 1 aliphatic rings. The van der Waals surface area contributed by atoms with Crippen molar-refractivity contribution in [3.8, 4) is 0 Å². The van der Waals surface area contributed by atoms with Gasteiger partial charge >= 0.3 is 12.1 Å². The number of carboxylic acid groups (broad SMARTS) is 1. The maximum atomic E-state index is 11.9. The molecule has 1 saturated heterocycles. The average Bonchev–Trinajstić information content (AvgIpc) is 2.35. The maximum absolute atomic E-state index is 11.9. The Morgan fingerprint density at radius 2 is 1.95 bits per heavy atom. The number of nitrogens with zero attached hydrogens (tertiary/aromatic N) is 1. The van der Waals surface area contributed by atoms with Crippen molar-refractivity contribution < 1.29 is 32.7 Å². The number of carboxylic acids is 1. The van der Waals surface area contributed by atoms with Crippen molar-refractivity contribution in [1.29, 1.82) is 0 Å². The number of likely N-dealkylation sites (tertiary alicyclic amines) is 1. The molecule has 0 aromatic heterocycles. The summed E-state index contributed by atoms with van der Waals surface area (Å²) in [4.78, 5) is 35.5. The van der Waals surface area contributed by atoms with Crippen molar-refractivity contribution in [3.05, 3.63) is 0 Å². The van der Waals surface area contributed by atoms with Crippen molar-refractivity contribution in [1.82, 2.24) is 10.2 Å². The summed E-state index contributed by atoms with van der Waals surface area (Å²) in [7, 11) is 0. The van der Waals surface area contributed by atoms with Crippen LogP contribution in [0.3, 0.4) is 0 Å². The van der Waals surface area contributed by atoms with Crippen LogP contribution >= 0.6 is 0 Å². The van der Waals surface area contributed by atoms with Gasteiger partial charge in [-0.1, -0.05) is 0 Å². The molecular formula is C12H17F3N2O4. The number of hydrogen-bond acceptors (Lipinski definition) is 3. The zero-order valence-electron chi connectivity index (χ0n) is 11.4. The van der Waals surface area contributed by atoms with E-state index >= 15 is 0 Å². The molecule has 1 rings (SSSR count). The first-order valence-electron chi connectivity index (χ1n) is 6.47. The molecule has 2 amide bonds. The molecule has 0 bridgehead atoms. The highest BCUT2D eigenvalue weighted by Crippen LogP contribution is 2.24. The van der Waals surface area contributed by atoms with Gasteiger partial charge in [0.15, 0.2) is 0 Å². The van der Waals surface area contributed by atoms with E-state index in [1.165, 1.54) is 4.90 Å². The molecule has 0 radical (unpaired) electrons. The number of halogens is 3. The predicted molar refractivity (Wildman–Crippen MR) is 65.2 cm³/mol. The highest BCUT2D eigenvalue weighted by Gasteiger charge is 2.36. The van der Waals surface area contributed by atoms with Gasteiger partial charge in [-0.15, -0.1) is 0 Å². The summed E-state index contributed by atoms with van der Waals surface area (Å²) in [6.45, 7) is 0.367. The van der Waals surface area contributed by atoms with E-state index in [4.69, 9.17) is 5.11 Å². The standard InChI is InChI=1S/C12H17F3N2O4/c1-7-8(11(20)21)3-2-4-17(7)10(19)5-9(18)16-6-12(13,14)15/h7-8H,2-6H2,1H3,(H,16,18)(H,20,21)/t7-,8-/m1/s1. The Labute approximate surface area is 119 Å². The van der Waals surface area contributed by atoms with E-state index in [2.05, 4.69) is 0 Å². The molecule has 0 spiro atoms. The number of carbonyl (C=O) groups is 3. The molecular weight excluding hydrogens is 293 g/mol. The van der Waals surface area contributed by atoms with Crippen LogP contribution in [0.2, 0.25) is 0 Å². The van der Waals surface area contributed by atoms with Gasteiger partial charge in [0.05, 0.1) is 5.92 Å². The molecule has 2 N–H and O–H groups in total. The number of rotatable bonds is 4. The van der Waals surface area contributed by atoms with Crippen LogP contribution in [0.4, 0.5) is 13.2 Å². The Morgan fingerprint density at radius 1 is 1.33 bits per heavy atom. The fourth-order valence-electron chi connectivity index (χ4n) is 2.33. The lowest BCUT2D eigenvalue weighted by Gasteiger charge is -2.37. The Morgan fingerprint density at radius 3 is 2.48 bits per heavy atom. The second-order valence-corrected chi connectivity index (χ2v) is 4.98. The molecule has 21 heavy (non-hydrogen) atoms. The third-order valence-electron chi connectivity index (χ3n) is 3.42. The summed E-state index contributed by atoms with van der Waals surface area (Å²) in [5.41, 5.74) is 0. The minimum atomic E-state index is -4.54. The van der Waals surface area contributed by atoms with Crippen LogP contribution in [0, 0.1) is 5.92 Å². The predicted octanol–water partition coefficient (Wildman–Crippen LogP) is 0.767. The number of amides is 2. The van der Waals surface area contributed by atoms with E-state index in [1.807, 2.05) is 0 Å². The average molecular weight is 310 g/mol. The highest BCUT2D eigenvalue weighted by molar-refractivity contribution is 5.97. The second kappa shape index (κ2) is 6.77. The van der Waals surface area contributed by atoms with Crippen LogP contribution in [0.25, 0.3) is 0 Å². The summed E-state index contributed by atoms with van der Waals surface area (Å²) < 4.78 is 35.8. The Kier molecular flexibility index (Phi) is 5.56. The van der Waals surface area contributed by atoms with Crippen LogP contribution in [0.15, 0.2) is 0 Å². The van der Waals surface area contributed by atoms with E-state index in [0.717, 1.165) is 0 Å². The first kappa shape index (κ1) is 17.3. The Bertz CT molecular complexity index is 425. The number of alkyl halides is 3. The minimum absolute atomic E-state index is 0.302. The number of carbonyl (C=O) groups excluding carboxylic acids is 2. The lowest BCUT2D eigenvalue weighted by Crippen LogP contribution is -2.50. The van der Waals surface area contributed by atoms with Crippen molar-refractivity contribution in [2.75, 3.05) is 13.1 Å². The highest BCUT2D eigenvalue weighted by atomic mass is 19.4. The van der Waals surface area contributed by atoms with Crippen molar-refractivity contribution >= 4 is 17.8 Å². The van der Waals surface area contributed by atoms with Gasteiger partial charge in [0.1, 0.15) is 13.0 Å². The van der Waals surface area contributed by atoms with Crippen LogP contribution in [-0.4, -0.2) is 53.1 Å². The first-order valence-corrected chi connectivity index (χ1v) is 6.47. The molecule has 0 unspecified atom stereocenters. The van der Waals surface area contributed by atoms with Crippen LogP contribution < -0.4 is 5.32 Å². The summed E-state index contributed by atoms with van der Waals surface area (Å²) >= 11 is 0. The van der Waals surface area contributed by atoms with E-state index in [-0.39, 0.29) is 0 Å². The number of piperidine rings is 1. The molecule has 1 heterocycles. The maximum Gasteiger partial charge on any atom is 0.405 e. The van der Waals surface area contributed by atoms with Crippen molar-refractivity contribution in [2.24, 2.45) is 5.92 Å². The lowest BCUT2D eigenvalue weighted by atomic mass is 9.90. The third-order valence-corrected chi connectivity index (χ3v) is 3.42. The molecule has 2 atom stereocenters. The molecule has 0 saturated carbocycles. The third kappa shape index (κ3) is 5.24. The number of nitrogens with one attached hydrogen (secondary N) is 1. The lowest BCUT2D eigenvalue weighted by molar-refractivity contribution is -0.150. The molecule has 0 aromatic carbocycles. The molecule has 1 fully saturated rings. The number of aliphatic carboxylic acids is 1. The van der Waals surface area contributed by atoms with Crippen molar-refractivity contribution in [2.45, 2.75) is 38.4 Å². The van der Waals surface area contributed by atoms with E-state index in [9.17, 15) is 27.6 Å². The Hall–Kier alpha value is -1.80. The van der Waals surface area contributed by atoms with Crippen LogP contribution in [0.5, 0.6) is 0 Å². The van der Waals surface area contributed by atoms with Crippen LogP contribution in [-0.2, 0) is 14.4 Å². The zero-order valence-corrected chi connectivity index (χ0v) is 11.4. The molecule has 9 heteroatoms. The first-order chi connectivity index (χ1) is 9.61. The van der Waals surface area contributed by atoms with E-state index in [1.54, 1.807) is 12.2 Å². The second-order valence-electron chi connectivity index (χ2n) is 4.98. The summed E-state index contributed by atoms with van der Waals surface area (Å²) in [5.74, 6) is -3.43. The monoisotopic (exact) mass is 310 g/mol. The van der Waals surface area contributed by atoms with Gasteiger partial charge < -0.3 is 15.3 Å². The fourth-order valence-corrected chi connectivity index (χ4v) is 2.33. The van der Waals surface area contributed by atoms with E-state index < -0.39 is 48.9 Å². The quantitative estimate of drug-likeness (QED) is 0.751. The largest absolute Gasteiger partial charge is 0.481 e. The van der Waals surface area contributed by atoms with Gasteiger partial charge in [-0.05, 0) is 19.8 Å².